The van der Waals surface area contributed by atoms with Crippen molar-refractivity contribution in [3.05, 3.63) is 48.0 Å². The SMILES string of the molecule is CCC(C)CC(=O)O.NCc1cccc2ccccc12. The zero-order valence-electron chi connectivity index (χ0n) is 12.2. The molecule has 0 saturated carbocycles. The van der Waals surface area contributed by atoms with Gasteiger partial charge in [-0.25, -0.2) is 0 Å². The Balaban J connectivity index is 0.000000221. The van der Waals surface area contributed by atoms with Crippen molar-refractivity contribution in [2.24, 2.45) is 11.7 Å². The van der Waals surface area contributed by atoms with Crippen LogP contribution in [0, 0.1) is 5.92 Å². The van der Waals surface area contributed by atoms with E-state index in [9.17, 15) is 4.79 Å². The number of aliphatic carboxylic acids is 1. The first-order chi connectivity index (χ1) is 9.58. The van der Waals surface area contributed by atoms with Gasteiger partial charge in [-0.2, -0.15) is 0 Å². The van der Waals surface area contributed by atoms with Gasteiger partial charge < -0.3 is 10.8 Å². The van der Waals surface area contributed by atoms with Crippen LogP contribution >= 0.6 is 0 Å². The van der Waals surface area contributed by atoms with E-state index in [1.165, 1.54) is 16.3 Å². The maximum atomic E-state index is 9.97. The Morgan fingerprint density at radius 1 is 1.20 bits per heavy atom. The van der Waals surface area contributed by atoms with Crippen LogP contribution in [0.15, 0.2) is 42.5 Å². The highest BCUT2D eigenvalue weighted by molar-refractivity contribution is 5.85. The minimum atomic E-state index is -0.695. The first-order valence-electron chi connectivity index (χ1n) is 6.97. The number of hydrogen-bond acceptors (Lipinski definition) is 2. The largest absolute Gasteiger partial charge is 0.481 e. The van der Waals surface area contributed by atoms with Crippen LogP contribution in [-0.2, 0) is 11.3 Å². The molecular formula is C17H23NO2. The fourth-order valence-corrected chi connectivity index (χ4v) is 1.91. The molecule has 3 nitrogen and oxygen atoms in total. The lowest BCUT2D eigenvalue weighted by molar-refractivity contribution is -0.137. The summed E-state index contributed by atoms with van der Waals surface area (Å²) >= 11 is 0. The molecule has 0 amide bonds. The zero-order valence-corrected chi connectivity index (χ0v) is 12.2. The molecule has 1 unspecified atom stereocenters. The highest BCUT2D eigenvalue weighted by Crippen LogP contribution is 2.17. The molecule has 0 fully saturated rings. The summed E-state index contributed by atoms with van der Waals surface area (Å²) < 4.78 is 0. The van der Waals surface area contributed by atoms with Gasteiger partial charge >= 0.3 is 5.97 Å². The van der Waals surface area contributed by atoms with Gasteiger partial charge in [0, 0.05) is 13.0 Å². The molecule has 20 heavy (non-hydrogen) atoms. The van der Waals surface area contributed by atoms with Crippen molar-refractivity contribution < 1.29 is 9.90 Å². The normalized spacial score (nSPS) is 11.6. The zero-order chi connectivity index (χ0) is 15.0. The van der Waals surface area contributed by atoms with Crippen LogP contribution in [0.4, 0.5) is 0 Å². The molecule has 1 atom stereocenters. The smallest absolute Gasteiger partial charge is 0.303 e. The second-order valence-corrected chi connectivity index (χ2v) is 4.95. The predicted molar refractivity (Wildman–Crippen MR) is 83.5 cm³/mol. The van der Waals surface area contributed by atoms with E-state index in [1.807, 2.05) is 32.0 Å². The third kappa shape index (κ3) is 5.02. The molecule has 0 aliphatic heterocycles. The maximum Gasteiger partial charge on any atom is 0.303 e. The third-order valence-electron chi connectivity index (χ3n) is 3.32. The van der Waals surface area contributed by atoms with Crippen molar-refractivity contribution in [1.29, 1.82) is 0 Å². The molecule has 0 aliphatic carbocycles. The summed E-state index contributed by atoms with van der Waals surface area (Å²) in [6.07, 6.45) is 1.25. The molecule has 0 radical (unpaired) electrons. The molecule has 2 aromatic carbocycles. The van der Waals surface area contributed by atoms with Crippen LogP contribution in [0.2, 0.25) is 0 Å². The molecule has 3 N–H and O–H groups in total. The van der Waals surface area contributed by atoms with Gasteiger partial charge in [0.25, 0.3) is 0 Å². The van der Waals surface area contributed by atoms with Crippen molar-refractivity contribution in [3.63, 3.8) is 0 Å². The monoisotopic (exact) mass is 273 g/mol. The quantitative estimate of drug-likeness (QED) is 0.890. The van der Waals surface area contributed by atoms with Gasteiger partial charge in [-0.3, -0.25) is 4.79 Å². The van der Waals surface area contributed by atoms with E-state index in [1.54, 1.807) is 0 Å². The number of benzene rings is 2. The Hall–Kier alpha value is -1.87. The van der Waals surface area contributed by atoms with E-state index in [0.29, 0.717) is 18.9 Å². The lowest BCUT2D eigenvalue weighted by atomic mass is 10.1. The topological polar surface area (TPSA) is 63.3 Å². The van der Waals surface area contributed by atoms with Crippen molar-refractivity contribution in [2.45, 2.75) is 33.2 Å². The first kappa shape index (κ1) is 16.2. The second kappa shape index (κ2) is 8.33. The standard InChI is InChI=1S/C11H11N.C6H12O2/c12-8-10-6-3-5-9-4-1-2-7-11(9)10;1-3-5(2)4-6(7)8/h1-7H,8,12H2;5H,3-4H2,1-2H3,(H,7,8). The van der Waals surface area contributed by atoms with Gasteiger partial charge in [0.15, 0.2) is 0 Å². The first-order valence-corrected chi connectivity index (χ1v) is 6.97. The van der Waals surface area contributed by atoms with Crippen molar-refractivity contribution >= 4 is 16.7 Å². The average Bonchev–Trinajstić information content (AvgIpc) is 2.46. The molecule has 3 heteroatoms. The molecule has 108 valence electrons. The Labute approximate surface area is 120 Å². The molecule has 0 spiro atoms. The number of carboxylic acid groups (broad SMARTS) is 1. The van der Waals surface area contributed by atoms with Gasteiger partial charge in [-0.05, 0) is 22.3 Å². The van der Waals surface area contributed by atoms with Crippen LogP contribution in [0.3, 0.4) is 0 Å². The van der Waals surface area contributed by atoms with Crippen LogP contribution in [0.5, 0.6) is 0 Å². The highest BCUT2D eigenvalue weighted by atomic mass is 16.4. The molecular weight excluding hydrogens is 250 g/mol. The second-order valence-electron chi connectivity index (χ2n) is 4.95. The Morgan fingerprint density at radius 2 is 1.85 bits per heavy atom. The van der Waals surface area contributed by atoms with Gasteiger partial charge in [0.2, 0.25) is 0 Å². The number of rotatable bonds is 4. The number of hydrogen-bond donors (Lipinski definition) is 2. The maximum absolute atomic E-state index is 9.97. The third-order valence-corrected chi connectivity index (χ3v) is 3.32. The van der Waals surface area contributed by atoms with Gasteiger partial charge in [-0.15, -0.1) is 0 Å². The Bertz CT molecular complexity index is 546. The summed E-state index contributed by atoms with van der Waals surface area (Å²) in [5.41, 5.74) is 6.83. The molecule has 0 saturated heterocycles. The van der Waals surface area contributed by atoms with Crippen LogP contribution in [0.25, 0.3) is 10.8 Å². The van der Waals surface area contributed by atoms with Crippen molar-refractivity contribution in [1.82, 2.24) is 0 Å². The molecule has 2 aromatic rings. The Kier molecular flexibility index (Phi) is 6.74. The minimum absolute atomic E-state index is 0.302. The summed E-state index contributed by atoms with van der Waals surface area (Å²) in [4.78, 5) is 9.97. The van der Waals surface area contributed by atoms with E-state index in [0.717, 1.165) is 6.42 Å². The van der Waals surface area contributed by atoms with E-state index < -0.39 is 5.97 Å². The fourth-order valence-electron chi connectivity index (χ4n) is 1.91. The summed E-state index contributed by atoms with van der Waals surface area (Å²) in [6.45, 7) is 4.54. The van der Waals surface area contributed by atoms with Gasteiger partial charge in [0.1, 0.15) is 0 Å². The molecule has 0 aliphatic rings. The molecule has 0 aromatic heterocycles. The van der Waals surface area contributed by atoms with Crippen molar-refractivity contribution in [2.75, 3.05) is 0 Å². The van der Waals surface area contributed by atoms with E-state index in [2.05, 4.69) is 24.3 Å². The van der Waals surface area contributed by atoms with Gasteiger partial charge in [0.05, 0.1) is 0 Å². The van der Waals surface area contributed by atoms with Crippen molar-refractivity contribution in [3.8, 4) is 0 Å². The number of fused-ring (bicyclic) bond motifs is 1. The van der Waals surface area contributed by atoms with Crippen LogP contribution in [0.1, 0.15) is 32.3 Å². The lowest BCUT2D eigenvalue weighted by Crippen LogP contribution is -2.02. The van der Waals surface area contributed by atoms with E-state index >= 15 is 0 Å². The minimum Gasteiger partial charge on any atom is -0.481 e. The van der Waals surface area contributed by atoms with Crippen LogP contribution < -0.4 is 5.73 Å². The fraction of sp³-hybridized carbons (Fsp3) is 0.353. The number of carbonyl (C=O) groups is 1. The lowest BCUT2D eigenvalue weighted by Gasteiger charge is -2.02. The Morgan fingerprint density at radius 3 is 2.40 bits per heavy atom. The molecule has 2 rings (SSSR count). The summed E-state index contributed by atoms with van der Waals surface area (Å²) in [5, 5.41) is 10.7. The average molecular weight is 273 g/mol. The highest BCUT2D eigenvalue weighted by Gasteiger charge is 2.02. The number of carboxylic acids is 1. The molecule has 0 bridgehead atoms. The van der Waals surface area contributed by atoms with Crippen LogP contribution in [-0.4, -0.2) is 11.1 Å². The molecule has 0 heterocycles. The van der Waals surface area contributed by atoms with E-state index in [-0.39, 0.29) is 0 Å². The summed E-state index contributed by atoms with van der Waals surface area (Å²) in [5.74, 6) is -0.369. The number of nitrogens with two attached hydrogens (primary N) is 1. The summed E-state index contributed by atoms with van der Waals surface area (Å²) in [7, 11) is 0. The van der Waals surface area contributed by atoms with Gasteiger partial charge in [-0.1, -0.05) is 62.7 Å². The summed E-state index contributed by atoms with van der Waals surface area (Å²) in [6, 6.07) is 14.5. The predicted octanol–water partition coefficient (Wildman–Crippen LogP) is 3.81. The van der Waals surface area contributed by atoms with E-state index in [4.69, 9.17) is 10.8 Å².